The van der Waals surface area contributed by atoms with Crippen molar-refractivity contribution in [2.75, 3.05) is 44.7 Å². The summed E-state index contributed by atoms with van der Waals surface area (Å²) < 4.78 is 0. The van der Waals surface area contributed by atoms with Gasteiger partial charge in [0, 0.05) is 68.3 Å². The molecule has 0 spiro atoms. The molecule has 1 saturated heterocycles. The van der Waals surface area contributed by atoms with Gasteiger partial charge in [0.1, 0.15) is 0 Å². The summed E-state index contributed by atoms with van der Waals surface area (Å²) in [6, 6.07) is 15.4. The highest BCUT2D eigenvalue weighted by Gasteiger charge is 2.24. The predicted octanol–water partition coefficient (Wildman–Crippen LogP) is 1.93. The number of hydrogen-bond acceptors (Lipinski definition) is 9. The molecule has 0 bridgehead atoms. The monoisotopic (exact) mass is 586 g/mol. The number of nitrogens with zero attached hydrogens (tertiary/aromatic N) is 4. The van der Waals surface area contributed by atoms with Crippen molar-refractivity contribution < 1.29 is 49.3 Å². The number of rotatable bonds is 9. The minimum absolute atomic E-state index is 0.0316. The zero-order chi connectivity index (χ0) is 31.7. The van der Waals surface area contributed by atoms with E-state index in [2.05, 4.69) is 16.8 Å². The lowest BCUT2D eigenvalue weighted by atomic mass is 10.2. The lowest BCUT2D eigenvalue weighted by molar-refractivity contribution is -0.384. The molecule has 1 amide bonds. The second-order valence-corrected chi connectivity index (χ2v) is 8.44. The van der Waals surface area contributed by atoms with Crippen LogP contribution in [-0.4, -0.2) is 105 Å². The normalized spacial score (nSPS) is 13.3. The minimum Gasteiger partial charge on any atom is -0.478 e. The Kier molecular flexibility index (Phi) is 14.9. The smallest absolute Gasteiger partial charge is 0.328 e. The Balaban J connectivity index is 0.000000454. The molecule has 2 aromatic rings. The molecule has 1 fully saturated rings. The summed E-state index contributed by atoms with van der Waals surface area (Å²) in [6.45, 7) is 3.80. The van der Waals surface area contributed by atoms with Gasteiger partial charge in [-0.25, -0.2) is 19.2 Å². The number of benzene rings is 2. The highest BCUT2D eigenvalue weighted by molar-refractivity contribution is 6.02. The molecule has 1 aliphatic heterocycles. The molecule has 2 aromatic carbocycles. The van der Waals surface area contributed by atoms with Crippen LogP contribution in [0.15, 0.2) is 78.9 Å². The largest absolute Gasteiger partial charge is 0.478 e. The van der Waals surface area contributed by atoms with E-state index in [0.29, 0.717) is 35.7 Å². The number of aliphatic carboxylic acids is 4. The maximum Gasteiger partial charge on any atom is 0.328 e. The van der Waals surface area contributed by atoms with Crippen molar-refractivity contribution in [3.63, 3.8) is 0 Å². The van der Waals surface area contributed by atoms with E-state index in [0.717, 1.165) is 26.2 Å². The third-order valence-electron chi connectivity index (χ3n) is 5.25. The van der Waals surface area contributed by atoms with Crippen LogP contribution in [0.3, 0.4) is 0 Å². The van der Waals surface area contributed by atoms with E-state index in [1.54, 1.807) is 17.0 Å². The van der Waals surface area contributed by atoms with Gasteiger partial charge in [0.2, 0.25) is 5.91 Å². The molecular formula is C27H30N4O11. The Labute approximate surface area is 240 Å². The molecule has 1 heterocycles. The number of amides is 1. The summed E-state index contributed by atoms with van der Waals surface area (Å²) in [5, 5.41) is 42.4. The van der Waals surface area contributed by atoms with E-state index in [-0.39, 0.29) is 18.1 Å². The van der Waals surface area contributed by atoms with E-state index < -0.39 is 28.8 Å². The van der Waals surface area contributed by atoms with Crippen LogP contribution in [0.25, 0.3) is 0 Å². The van der Waals surface area contributed by atoms with Gasteiger partial charge in [0.05, 0.1) is 17.2 Å². The average molecular weight is 587 g/mol. The number of para-hydroxylation sites is 1. The van der Waals surface area contributed by atoms with Crippen molar-refractivity contribution in [3.05, 3.63) is 89.0 Å². The molecule has 0 aliphatic carbocycles. The fourth-order valence-electron chi connectivity index (χ4n) is 3.31. The summed E-state index contributed by atoms with van der Waals surface area (Å²) >= 11 is 0. The Morgan fingerprint density at radius 3 is 1.64 bits per heavy atom. The van der Waals surface area contributed by atoms with Gasteiger partial charge in [0.25, 0.3) is 5.69 Å². The number of carbonyl (C=O) groups is 5. The first-order valence-electron chi connectivity index (χ1n) is 12.1. The Bertz CT molecular complexity index is 1240. The van der Waals surface area contributed by atoms with Crippen molar-refractivity contribution in [2.45, 2.75) is 0 Å². The molecule has 1 aliphatic rings. The summed E-state index contributed by atoms with van der Waals surface area (Å²) in [6.07, 6.45) is 2.23. The van der Waals surface area contributed by atoms with Crippen LogP contribution in [0, 0.1) is 10.1 Å². The quantitative estimate of drug-likeness (QED) is 0.188. The molecule has 15 heteroatoms. The fourth-order valence-corrected chi connectivity index (χ4v) is 3.31. The number of carbonyl (C=O) groups excluding carboxylic acids is 1. The maximum absolute atomic E-state index is 13.1. The fraction of sp³-hybridized carbons (Fsp3) is 0.222. The van der Waals surface area contributed by atoms with E-state index in [9.17, 15) is 34.1 Å². The van der Waals surface area contributed by atoms with Crippen LogP contribution in [0.2, 0.25) is 0 Å². The number of carboxylic acids is 4. The average Bonchev–Trinajstić information content (AvgIpc) is 2.93. The van der Waals surface area contributed by atoms with Crippen molar-refractivity contribution >= 4 is 46.8 Å². The van der Waals surface area contributed by atoms with Crippen molar-refractivity contribution in [1.29, 1.82) is 0 Å². The first-order valence-corrected chi connectivity index (χ1v) is 12.1. The van der Waals surface area contributed by atoms with Crippen LogP contribution in [0.1, 0.15) is 0 Å². The molecule has 0 atom stereocenters. The van der Waals surface area contributed by atoms with Gasteiger partial charge < -0.3 is 25.3 Å². The SMILES string of the molecule is CN1CCN(CC(=O)N(c2ccccc2)c2cccc([N+](=O)[O-])c2)CC1.O=C(O)/C=C\C(=O)O.O=C(O)/C=C\C(=O)O. The molecule has 0 radical (unpaired) electrons. The molecule has 0 aromatic heterocycles. The number of nitro groups is 1. The number of piperazine rings is 1. The lowest BCUT2D eigenvalue weighted by Gasteiger charge is -2.33. The topological polar surface area (TPSA) is 219 Å². The molecule has 0 unspecified atom stereocenters. The Morgan fingerprint density at radius 2 is 1.21 bits per heavy atom. The number of nitro benzene ring substituents is 1. The van der Waals surface area contributed by atoms with Crippen LogP contribution in [0.5, 0.6) is 0 Å². The molecule has 4 N–H and O–H groups in total. The zero-order valence-electron chi connectivity index (χ0n) is 22.5. The van der Waals surface area contributed by atoms with Gasteiger partial charge in [-0.05, 0) is 25.2 Å². The summed E-state index contributed by atoms with van der Waals surface area (Å²) in [4.78, 5) is 67.9. The van der Waals surface area contributed by atoms with E-state index >= 15 is 0 Å². The van der Waals surface area contributed by atoms with Gasteiger partial charge in [-0.1, -0.05) is 24.3 Å². The zero-order valence-corrected chi connectivity index (χ0v) is 22.5. The first kappa shape index (κ1) is 34.6. The van der Waals surface area contributed by atoms with Crippen molar-refractivity contribution in [3.8, 4) is 0 Å². The van der Waals surface area contributed by atoms with Crippen LogP contribution in [-0.2, 0) is 24.0 Å². The molecular weight excluding hydrogens is 556 g/mol. The number of non-ortho nitro benzene ring substituents is 1. The highest BCUT2D eigenvalue weighted by Crippen LogP contribution is 2.28. The number of anilines is 2. The standard InChI is InChI=1S/C19H22N4O3.2C4H4O4/c1-20-10-12-21(13-11-20)15-19(24)22(16-6-3-2-4-7-16)17-8-5-9-18(14-17)23(25)26;2*5-3(6)1-2-4(7)8/h2-9,14H,10-13,15H2,1H3;2*1-2H,(H,5,6)(H,7,8)/b;2*2-1-. The highest BCUT2D eigenvalue weighted by atomic mass is 16.6. The predicted molar refractivity (Wildman–Crippen MR) is 149 cm³/mol. The van der Waals surface area contributed by atoms with Crippen molar-refractivity contribution in [2.24, 2.45) is 0 Å². The molecule has 3 rings (SSSR count). The summed E-state index contributed by atoms with van der Waals surface area (Å²) in [5.41, 5.74) is 1.17. The van der Waals surface area contributed by atoms with Gasteiger partial charge in [-0.15, -0.1) is 0 Å². The minimum atomic E-state index is -1.26. The Hall–Kier alpha value is -5.41. The second-order valence-electron chi connectivity index (χ2n) is 8.44. The Morgan fingerprint density at radius 1 is 0.762 bits per heavy atom. The second kappa shape index (κ2) is 18.0. The summed E-state index contributed by atoms with van der Waals surface area (Å²) in [7, 11) is 2.07. The van der Waals surface area contributed by atoms with Crippen LogP contribution in [0.4, 0.5) is 17.1 Å². The lowest BCUT2D eigenvalue weighted by Crippen LogP contribution is -2.48. The van der Waals surface area contributed by atoms with Gasteiger partial charge in [-0.2, -0.15) is 0 Å². The van der Waals surface area contributed by atoms with E-state index in [4.69, 9.17) is 20.4 Å². The van der Waals surface area contributed by atoms with Crippen LogP contribution < -0.4 is 4.90 Å². The molecule has 42 heavy (non-hydrogen) atoms. The molecule has 15 nitrogen and oxygen atoms in total. The molecule has 0 saturated carbocycles. The third kappa shape index (κ3) is 14.1. The molecule has 224 valence electrons. The summed E-state index contributed by atoms with van der Waals surface area (Å²) in [5.74, 6) is -5.12. The van der Waals surface area contributed by atoms with Gasteiger partial charge >= 0.3 is 23.9 Å². The number of hydrogen-bond donors (Lipinski definition) is 4. The first-order chi connectivity index (χ1) is 19.8. The maximum atomic E-state index is 13.1. The van der Waals surface area contributed by atoms with E-state index in [1.807, 2.05) is 30.3 Å². The van der Waals surface area contributed by atoms with Crippen LogP contribution >= 0.6 is 0 Å². The number of likely N-dealkylation sites (N-methyl/N-ethyl adjacent to an activating group) is 1. The van der Waals surface area contributed by atoms with Gasteiger partial charge in [0.15, 0.2) is 0 Å². The van der Waals surface area contributed by atoms with E-state index in [1.165, 1.54) is 12.1 Å². The van der Waals surface area contributed by atoms with Gasteiger partial charge in [-0.3, -0.25) is 24.7 Å². The third-order valence-corrected chi connectivity index (χ3v) is 5.25. The number of carboxylic acid groups (broad SMARTS) is 4. The van der Waals surface area contributed by atoms with Crippen molar-refractivity contribution in [1.82, 2.24) is 9.80 Å².